The fourth-order valence-electron chi connectivity index (χ4n) is 2.70. The first-order valence-corrected chi connectivity index (χ1v) is 7.72. The Morgan fingerprint density at radius 1 is 1.50 bits per heavy atom. The largest absolute Gasteiger partial charge is 0.386 e. The monoisotopic (exact) mass is 350 g/mol. The van der Waals surface area contributed by atoms with Crippen molar-refractivity contribution in [1.29, 1.82) is 0 Å². The first-order valence-electron chi connectivity index (χ1n) is 7.34. The van der Waals surface area contributed by atoms with Gasteiger partial charge in [0.25, 0.3) is 0 Å². The molecule has 0 atom stereocenters. The third-order valence-electron chi connectivity index (χ3n) is 4.12. The van der Waals surface area contributed by atoms with E-state index >= 15 is 0 Å². The molecule has 1 aliphatic rings. The number of aryl methyl sites for hydroxylation is 2. The summed E-state index contributed by atoms with van der Waals surface area (Å²) >= 11 is 6.11. The van der Waals surface area contributed by atoms with Gasteiger partial charge in [-0.05, 0) is 37.5 Å². The zero-order valence-corrected chi connectivity index (χ0v) is 14.0. The fraction of sp³-hybridized carbons (Fsp3) is 0.312. The maximum atomic E-state index is 13.2. The third kappa shape index (κ3) is 2.87. The molecule has 2 N–H and O–H groups in total. The summed E-state index contributed by atoms with van der Waals surface area (Å²) < 4.78 is 14.7. The minimum Gasteiger partial charge on any atom is -0.384 e. The standard InChI is InChI=1S/C16H16ClFN4O2/c1-9-8-22(2)20-13(9)14(23)24-21-15(19)16(5-6-16)11-4-3-10(18)7-12(11)17/h3-4,7-8H,5-6H2,1-2H3,(H2,19,21). The maximum absolute atomic E-state index is 13.2. The third-order valence-corrected chi connectivity index (χ3v) is 4.43. The lowest BCUT2D eigenvalue weighted by Gasteiger charge is -2.16. The Labute approximate surface area is 143 Å². The van der Waals surface area contributed by atoms with Crippen molar-refractivity contribution in [2.75, 3.05) is 0 Å². The van der Waals surface area contributed by atoms with Gasteiger partial charge in [-0.1, -0.05) is 22.8 Å². The molecule has 0 radical (unpaired) electrons. The normalized spacial score (nSPS) is 16.1. The quantitative estimate of drug-likeness (QED) is 0.398. The van der Waals surface area contributed by atoms with Crippen molar-refractivity contribution < 1.29 is 14.0 Å². The van der Waals surface area contributed by atoms with Crippen molar-refractivity contribution in [1.82, 2.24) is 9.78 Å². The summed E-state index contributed by atoms with van der Waals surface area (Å²) in [5.41, 5.74) is 6.95. The predicted octanol–water partition coefficient (Wildman–Crippen LogP) is 2.68. The van der Waals surface area contributed by atoms with Crippen LogP contribution in [0.25, 0.3) is 0 Å². The SMILES string of the molecule is Cc1cn(C)nc1C(=O)O/N=C(\N)C1(c2ccc(F)cc2Cl)CC1. The highest BCUT2D eigenvalue weighted by molar-refractivity contribution is 6.32. The number of nitrogens with zero attached hydrogens (tertiary/aromatic N) is 3. The number of rotatable bonds is 4. The van der Waals surface area contributed by atoms with E-state index in [9.17, 15) is 9.18 Å². The number of oxime groups is 1. The molecule has 126 valence electrons. The number of hydrogen-bond acceptors (Lipinski definition) is 4. The number of hydrogen-bond donors (Lipinski definition) is 1. The van der Waals surface area contributed by atoms with Gasteiger partial charge in [0, 0.05) is 23.8 Å². The number of carbonyl (C=O) groups is 1. The van der Waals surface area contributed by atoms with Gasteiger partial charge in [-0.2, -0.15) is 5.10 Å². The van der Waals surface area contributed by atoms with Crippen LogP contribution in [0.3, 0.4) is 0 Å². The molecule has 1 aromatic carbocycles. The molecule has 1 saturated carbocycles. The molecule has 24 heavy (non-hydrogen) atoms. The molecule has 0 saturated heterocycles. The van der Waals surface area contributed by atoms with Crippen LogP contribution in [0.2, 0.25) is 5.02 Å². The van der Waals surface area contributed by atoms with Crippen LogP contribution in [0.15, 0.2) is 29.6 Å². The van der Waals surface area contributed by atoms with Gasteiger partial charge in [-0.15, -0.1) is 0 Å². The second kappa shape index (κ2) is 5.90. The van der Waals surface area contributed by atoms with Crippen LogP contribution in [-0.2, 0) is 17.3 Å². The van der Waals surface area contributed by atoms with E-state index in [0.29, 0.717) is 24.0 Å². The first-order chi connectivity index (χ1) is 11.3. The summed E-state index contributed by atoms with van der Waals surface area (Å²) in [4.78, 5) is 17.0. The van der Waals surface area contributed by atoms with Crippen molar-refractivity contribution in [3.63, 3.8) is 0 Å². The molecule has 1 fully saturated rings. The Balaban J connectivity index is 1.80. The number of amidine groups is 1. The number of carbonyl (C=O) groups excluding carboxylic acids is 1. The lowest BCUT2D eigenvalue weighted by Crippen LogP contribution is -2.30. The highest BCUT2D eigenvalue weighted by Gasteiger charge is 2.50. The average molecular weight is 351 g/mol. The first kappa shape index (κ1) is 16.4. The molecule has 0 amide bonds. The number of nitrogens with two attached hydrogens (primary N) is 1. The Hall–Kier alpha value is -2.41. The van der Waals surface area contributed by atoms with Gasteiger partial charge in [0.15, 0.2) is 11.5 Å². The number of benzene rings is 1. The summed E-state index contributed by atoms with van der Waals surface area (Å²) in [5, 5.41) is 8.06. The minimum atomic E-state index is -0.683. The van der Waals surface area contributed by atoms with Crippen molar-refractivity contribution in [3.05, 3.63) is 52.1 Å². The Kier molecular flexibility index (Phi) is 4.04. The molecule has 6 nitrogen and oxygen atoms in total. The van der Waals surface area contributed by atoms with E-state index in [-0.39, 0.29) is 16.6 Å². The van der Waals surface area contributed by atoms with Crippen LogP contribution >= 0.6 is 11.6 Å². The molecule has 0 aliphatic heterocycles. The van der Waals surface area contributed by atoms with Gasteiger partial charge >= 0.3 is 5.97 Å². The summed E-state index contributed by atoms with van der Waals surface area (Å²) in [6.07, 6.45) is 3.10. The summed E-state index contributed by atoms with van der Waals surface area (Å²) in [6.45, 7) is 1.75. The molecule has 8 heteroatoms. The van der Waals surface area contributed by atoms with Crippen molar-refractivity contribution in [2.45, 2.75) is 25.2 Å². The maximum Gasteiger partial charge on any atom is 0.386 e. The van der Waals surface area contributed by atoms with Crippen molar-refractivity contribution >= 4 is 23.4 Å². The van der Waals surface area contributed by atoms with Crippen molar-refractivity contribution in [3.8, 4) is 0 Å². The van der Waals surface area contributed by atoms with Crippen LogP contribution in [0.5, 0.6) is 0 Å². The molecule has 0 unspecified atom stereocenters. The van der Waals surface area contributed by atoms with E-state index in [1.165, 1.54) is 16.8 Å². The van der Waals surface area contributed by atoms with Gasteiger partial charge in [0.05, 0.1) is 5.41 Å². The Morgan fingerprint density at radius 2 is 2.21 bits per heavy atom. The average Bonchev–Trinajstić information content (AvgIpc) is 3.24. The lowest BCUT2D eigenvalue weighted by atomic mass is 9.95. The van der Waals surface area contributed by atoms with Gasteiger partial charge in [-0.3, -0.25) is 4.68 Å². The molecular formula is C16H16ClFN4O2. The van der Waals surface area contributed by atoms with E-state index in [1.807, 2.05) is 0 Å². The van der Waals surface area contributed by atoms with Crippen molar-refractivity contribution in [2.24, 2.45) is 17.9 Å². The van der Waals surface area contributed by atoms with E-state index in [2.05, 4.69) is 10.3 Å². The molecule has 3 rings (SSSR count). The zero-order valence-electron chi connectivity index (χ0n) is 13.2. The molecule has 2 aromatic rings. The zero-order chi connectivity index (χ0) is 17.5. The highest BCUT2D eigenvalue weighted by atomic mass is 35.5. The smallest absolute Gasteiger partial charge is 0.384 e. The van der Waals surface area contributed by atoms with E-state index < -0.39 is 17.2 Å². The second-order valence-corrected chi connectivity index (χ2v) is 6.30. The van der Waals surface area contributed by atoms with E-state index in [0.717, 1.165) is 0 Å². The van der Waals surface area contributed by atoms with Crippen LogP contribution in [0, 0.1) is 12.7 Å². The molecule has 0 spiro atoms. The Bertz CT molecular complexity index is 843. The Morgan fingerprint density at radius 3 is 2.75 bits per heavy atom. The van der Waals surface area contributed by atoms with E-state index in [1.54, 1.807) is 26.2 Å². The second-order valence-electron chi connectivity index (χ2n) is 5.90. The summed E-state index contributed by atoms with van der Waals surface area (Å²) in [5.74, 6) is -0.970. The van der Waals surface area contributed by atoms with Crippen LogP contribution < -0.4 is 5.73 Å². The number of aromatic nitrogens is 2. The van der Waals surface area contributed by atoms with E-state index in [4.69, 9.17) is 22.2 Å². The summed E-state index contributed by atoms with van der Waals surface area (Å²) in [7, 11) is 1.71. The van der Waals surface area contributed by atoms with Crippen LogP contribution in [-0.4, -0.2) is 21.6 Å². The van der Waals surface area contributed by atoms with Crippen LogP contribution in [0.1, 0.15) is 34.5 Å². The van der Waals surface area contributed by atoms with Gasteiger partial charge in [-0.25, -0.2) is 9.18 Å². The molecular weight excluding hydrogens is 335 g/mol. The molecule has 1 aromatic heterocycles. The molecule has 1 aliphatic carbocycles. The van der Waals surface area contributed by atoms with Gasteiger partial charge in [0.2, 0.25) is 0 Å². The predicted molar refractivity (Wildman–Crippen MR) is 87.3 cm³/mol. The molecule has 1 heterocycles. The topological polar surface area (TPSA) is 82.5 Å². The molecule has 0 bridgehead atoms. The van der Waals surface area contributed by atoms with Gasteiger partial charge < -0.3 is 10.6 Å². The van der Waals surface area contributed by atoms with Gasteiger partial charge in [0.1, 0.15) is 5.82 Å². The lowest BCUT2D eigenvalue weighted by molar-refractivity contribution is 0.0505. The minimum absolute atomic E-state index is 0.137. The van der Waals surface area contributed by atoms with Crippen LogP contribution in [0.4, 0.5) is 4.39 Å². The fourth-order valence-corrected chi connectivity index (χ4v) is 3.04. The number of halogens is 2. The summed E-state index contributed by atoms with van der Waals surface area (Å²) in [6, 6.07) is 4.13. The highest BCUT2D eigenvalue weighted by Crippen LogP contribution is 2.50.